The molecule has 0 spiro atoms. The second kappa shape index (κ2) is 14.7. The Kier molecular flexibility index (Phi) is 8.42. The van der Waals surface area contributed by atoms with Crippen LogP contribution in [-0.2, 0) is 0 Å². The summed E-state index contributed by atoms with van der Waals surface area (Å²) < 4.78 is 4.78. The summed E-state index contributed by atoms with van der Waals surface area (Å²) >= 11 is 0. The third-order valence-corrected chi connectivity index (χ3v) is 12.0. The number of fused-ring (bicyclic) bond motifs is 6. The summed E-state index contributed by atoms with van der Waals surface area (Å²) in [5.74, 6) is 1.95. The molecule has 5 nitrogen and oxygen atoms in total. The Balaban J connectivity index is 0.923. The predicted molar refractivity (Wildman–Crippen MR) is 256 cm³/mol. The topological polar surface area (TPSA) is 48.5 Å². The molecule has 0 aliphatic carbocycles. The van der Waals surface area contributed by atoms with Gasteiger partial charge >= 0.3 is 0 Å². The second-order valence-corrected chi connectivity index (χ2v) is 15.7. The lowest BCUT2D eigenvalue weighted by atomic mass is 10.0. The Morgan fingerprint density at radius 3 is 1.27 bits per heavy atom. The quantitative estimate of drug-likeness (QED) is 0.162. The van der Waals surface area contributed by atoms with E-state index in [1.165, 1.54) is 49.2 Å². The van der Waals surface area contributed by atoms with Crippen molar-refractivity contribution >= 4 is 43.6 Å². The van der Waals surface area contributed by atoms with E-state index in [2.05, 4.69) is 173 Å². The van der Waals surface area contributed by atoms with Crippen LogP contribution in [0.1, 0.15) is 0 Å². The van der Waals surface area contributed by atoms with Gasteiger partial charge in [-0.1, -0.05) is 170 Å². The fraction of sp³-hybridized carbons (Fsp3) is 0. The summed E-state index contributed by atoms with van der Waals surface area (Å²) in [6.45, 7) is 0. The Hall–Kier alpha value is -8.41. The first-order valence-electron chi connectivity index (χ1n) is 20.9. The van der Waals surface area contributed by atoms with Crippen molar-refractivity contribution in [3.63, 3.8) is 0 Å². The van der Waals surface area contributed by atoms with E-state index in [0.29, 0.717) is 17.5 Å². The Labute approximate surface area is 358 Å². The van der Waals surface area contributed by atoms with Crippen molar-refractivity contribution in [2.45, 2.75) is 0 Å². The molecule has 62 heavy (non-hydrogen) atoms. The predicted octanol–water partition coefficient (Wildman–Crippen LogP) is 14.4. The molecule has 9 aromatic carbocycles. The smallest absolute Gasteiger partial charge is 0.164 e. The van der Waals surface area contributed by atoms with Crippen molar-refractivity contribution in [3.8, 4) is 67.8 Å². The number of nitrogens with zero attached hydrogens (tertiary/aromatic N) is 5. The lowest BCUT2D eigenvalue weighted by Crippen LogP contribution is -2.00. The van der Waals surface area contributed by atoms with E-state index in [0.717, 1.165) is 44.7 Å². The largest absolute Gasteiger partial charge is 0.309 e. The molecule has 0 bridgehead atoms. The van der Waals surface area contributed by atoms with Gasteiger partial charge < -0.3 is 9.13 Å². The van der Waals surface area contributed by atoms with Crippen LogP contribution in [0.25, 0.3) is 111 Å². The van der Waals surface area contributed by atoms with Crippen molar-refractivity contribution in [2.75, 3.05) is 0 Å². The third kappa shape index (κ3) is 6.06. The van der Waals surface area contributed by atoms with Gasteiger partial charge in [-0.05, 0) is 76.9 Å². The Morgan fingerprint density at radius 1 is 0.226 bits per heavy atom. The molecule has 0 aliphatic heterocycles. The monoisotopic (exact) mass is 791 g/mol. The molecule has 5 heteroatoms. The summed E-state index contributed by atoms with van der Waals surface area (Å²) in [5, 5.41) is 4.92. The zero-order valence-corrected chi connectivity index (χ0v) is 33.6. The minimum Gasteiger partial charge on any atom is -0.309 e. The average molecular weight is 792 g/mol. The van der Waals surface area contributed by atoms with E-state index >= 15 is 0 Å². The summed E-state index contributed by atoms with van der Waals surface area (Å²) in [7, 11) is 0. The molecule has 290 valence electrons. The number of para-hydroxylation sites is 3. The first kappa shape index (κ1) is 35.5. The summed E-state index contributed by atoms with van der Waals surface area (Å²) in [6, 6.07) is 79.5. The molecule has 0 saturated carbocycles. The van der Waals surface area contributed by atoms with Crippen LogP contribution in [0.3, 0.4) is 0 Å². The van der Waals surface area contributed by atoms with E-state index in [9.17, 15) is 0 Å². The van der Waals surface area contributed by atoms with Crippen LogP contribution in [-0.4, -0.2) is 24.1 Å². The minimum absolute atomic E-state index is 0.642. The van der Waals surface area contributed by atoms with Crippen molar-refractivity contribution in [1.29, 1.82) is 0 Å². The van der Waals surface area contributed by atoms with Gasteiger partial charge in [0.15, 0.2) is 17.5 Å². The van der Waals surface area contributed by atoms with E-state index in [1.54, 1.807) is 0 Å². The van der Waals surface area contributed by atoms with Gasteiger partial charge in [0.2, 0.25) is 0 Å². The van der Waals surface area contributed by atoms with Crippen molar-refractivity contribution in [3.05, 3.63) is 224 Å². The molecule has 0 radical (unpaired) electrons. The fourth-order valence-corrected chi connectivity index (χ4v) is 9.01. The highest BCUT2D eigenvalue weighted by Gasteiger charge is 2.17. The molecule has 3 aromatic heterocycles. The van der Waals surface area contributed by atoms with Crippen LogP contribution in [0.2, 0.25) is 0 Å². The molecular formula is C57H37N5. The van der Waals surface area contributed by atoms with Crippen molar-refractivity contribution in [1.82, 2.24) is 24.1 Å². The second-order valence-electron chi connectivity index (χ2n) is 15.7. The molecule has 0 amide bonds. The number of hydrogen-bond donors (Lipinski definition) is 0. The molecular weight excluding hydrogens is 755 g/mol. The average Bonchev–Trinajstić information content (AvgIpc) is 3.87. The molecule has 12 rings (SSSR count). The van der Waals surface area contributed by atoms with Gasteiger partial charge in [0.05, 0.1) is 22.1 Å². The highest BCUT2D eigenvalue weighted by atomic mass is 15.0. The maximum atomic E-state index is 4.95. The molecule has 0 aliphatic rings. The summed E-state index contributed by atoms with van der Waals surface area (Å²) in [6.07, 6.45) is 0. The minimum atomic E-state index is 0.642. The molecule has 3 heterocycles. The van der Waals surface area contributed by atoms with E-state index in [-0.39, 0.29) is 0 Å². The van der Waals surface area contributed by atoms with Gasteiger partial charge in [-0.3, -0.25) is 0 Å². The maximum Gasteiger partial charge on any atom is 0.164 e. The number of benzene rings is 9. The highest BCUT2D eigenvalue weighted by Crippen LogP contribution is 2.38. The van der Waals surface area contributed by atoms with Crippen LogP contribution >= 0.6 is 0 Å². The zero-order chi connectivity index (χ0) is 41.0. The molecule has 0 N–H and O–H groups in total. The maximum absolute atomic E-state index is 4.95. The zero-order valence-electron chi connectivity index (χ0n) is 33.6. The molecule has 0 fully saturated rings. The molecule has 0 atom stereocenters. The Bertz CT molecular complexity index is 3550. The third-order valence-electron chi connectivity index (χ3n) is 12.0. The number of aromatic nitrogens is 5. The lowest BCUT2D eigenvalue weighted by molar-refractivity contribution is 1.07. The van der Waals surface area contributed by atoms with Gasteiger partial charge in [0, 0.05) is 49.6 Å². The molecule has 0 saturated heterocycles. The summed E-state index contributed by atoms with van der Waals surface area (Å²) in [5.41, 5.74) is 14.5. The van der Waals surface area contributed by atoms with Crippen LogP contribution in [0.5, 0.6) is 0 Å². The first-order chi connectivity index (χ1) is 30.7. The van der Waals surface area contributed by atoms with E-state index in [1.807, 2.05) is 60.7 Å². The Morgan fingerprint density at radius 2 is 0.629 bits per heavy atom. The van der Waals surface area contributed by atoms with Gasteiger partial charge in [-0.25, -0.2) is 15.0 Å². The molecule has 0 unspecified atom stereocenters. The SMILES string of the molecule is c1ccc(-c2nc(-c3ccccc3)nc(-c3ccc(-c4ccc5c(c4)c4ccccc4n5-c4cccc(-c5ccc6c7ccccc7n(-c7ccccc7)c6c5)c4)cc3)n2)cc1. The van der Waals surface area contributed by atoms with Crippen LogP contribution < -0.4 is 0 Å². The number of rotatable bonds is 7. The first-order valence-corrected chi connectivity index (χ1v) is 20.9. The van der Waals surface area contributed by atoms with Gasteiger partial charge in [-0.2, -0.15) is 0 Å². The van der Waals surface area contributed by atoms with Crippen LogP contribution in [0.4, 0.5) is 0 Å². The van der Waals surface area contributed by atoms with E-state index < -0.39 is 0 Å². The standard InChI is InChI=1S/C57H37N5/c1-4-15-39(16-5-1)55-58-56(40-17-6-2-7-18-40)60-57(59-55)41-29-27-38(28-30-41)43-32-34-53-50(36-43)48-24-11-13-26-52(48)62(53)46-22-14-19-42(35-46)44-31-33-49-47-23-10-12-25-51(47)61(54(49)37-44)45-20-8-3-9-21-45/h1-37H. The molecule has 12 aromatic rings. The van der Waals surface area contributed by atoms with Crippen molar-refractivity contribution in [2.24, 2.45) is 0 Å². The highest BCUT2D eigenvalue weighted by molar-refractivity contribution is 6.11. The van der Waals surface area contributed by atoms with Gasteiger partial charge in [-0.15, -0.1) is 0 Å². The van der Waals surface area contributed by atoms with Gasteiger partial charge in [0.25, 0.3) is 0 Å². The fourth-order valence-electron chi connectivity index (χ4n) is 9.01. The lowest BCUT2D eigenvalue weighted by Gasteiger charge is -2.12. The van der Waals surface area contributed by atoms with E-state index in [4.69, 9.17) is 15.0 Å². The van der Waals surface area contributed by atoms with Crippen LogP contribution in [0.15, 0.2) is 224 Å². The summed E-state index contributed by atoms with van der Waals surface area (Å²) in [4.78, 5) is 14.8. The van der Waals surface area contributed by atoms with Crippen LogP contribution in [0, 0.1) is 0 Å². The normalized spacial score (nSPS) is 11.5. The van der Waals surface area contributed by atoms with Gasteiger partial charge in [0.1, 0.15) is 0 Å². The van der Waals surface area contributed by atoms with Crippen molar-refractivity contribution < 1.29 is 0 Å². The number of hydrogen-bond acceptors (Lipinski definition) is 3.